The van der Waals surface area contributed by atoms with Gasteiger partial charge in [0.15, 0.2) is 0 Å². The minimum Gasteiger partial charge on any atom is -0.206 e. The zero-order valence-corrected chi connectivity index (χ0v) is 10.8. The summed E-state index contributed by atoms with van der Waals surface area (Å²) in [7, 11) is 0. The lowest BCUT2D eigenvalue weighted by atomic mass is 10.1. The fourth-order valence-electron chi connectivity index (χ4n) is 1.49. The lowest BCUT2D eigenvalue weighted by molar-refractivity contribution is 0.604. The molecule has 2 aromatic rings. The van der Waals surface area contributed by atoms with E-state index in [-0.39, 0.29) is 5.82 Å². The van der Waals surface area contributed by atoms with Crippen LogP contribution < -0.4 is 0 Å². The standard InChI is InChI=1S/C12H9Cl2FS/c1-7-3-2-4-8(11(7)15)10(14)12-9(13)5-6-16-12/h2-6,10H,1H3. The Morgan fingerprint density at radius 1 is 1.31 bits per heavy atom. The summed E-state index contributed by atoms with van der Waals surface area (Å²) in [5, 5.41) is 1.92. The van der Waals surface area contributed by atoms with Gasteiger partial charge in [0, 0.05) is 10.4 Å². The topological polar surface area (TPSA) is 0 Å². The zero-order valence-electron chi connectivity index (χ0n) is 8.51. The highest BCUT2D eigenvalue weighted by Gasteiger charge is 2.19. The van der Waals surface area contributed by atoms with Crippen molar-refractivity contribution in [3.8, 4) is 0 Å². The summed E-state index contributed by atoms with van der Waals surface area (Å²) in [5.41, 5.74) is 1.07. The summed E-state index contributed by atoms with van der Waals surface area (Å²) in [6.45, 7) is 1.72. The summed E-state index contributed by atoms with van der Waals surface area (Å²) in [4.78, 5) is 0.785. The average molecular weight is 275 g/mol. The molecular formula is C12H9Cl2FS. The van der Waals surface area contributed by atoms with E-state index >= 15 is 0 Å². The molecular weight excluding hydrogens is 266 g/mol. The van der Waals surface area contributed by atoms with Crippen LogP contribution in [0.25, 0.3) is 0 Å². The minimum absolute atomic E-state index is 0.257. The molecule has 1 atom stereocenters. The third kappa shape index (κ3) is 2.10. The summed E-state index contributed by atoms with van der Waals surface area (Å²) in [6, 6.07) is 6.98. The number of thiophene rings is 1. The van der Waals surface area contributed by atoms with Gasteiger partial charge in [-0.15, -0.1) is 22.9 Å². The Bertz CT molecular complexity index is 507. The second-order valence-corrected chi connectivity index (χ2v) is 5.26. The quantitative estimate of drug-likeness (QED) is 0.663. The smallest absolute Gasteiger partial charge is 0.131 e. The van der Waals surface area contributed by atoms with Gasteiger partial charge in [-0.05, 0) is 23.9 Å². The second-order valence-electron chi connectivity index (χ2n) is 3.47. The highest BCUT2D eigenvalue weighted by molar-refractivity contribution is 7.11. The van der Waals surface area contributed by atoms with Crippen molar-refractivity contribution in [2.24, 2.45) is 0 Å². The molecule has 2 rings (SSSR count). The van der Waals surface area contributed by atoms with Crippen LogP contribution in [0.3, 0.4) is 0 Å². The summed E-state index contributed by atoms with van der Waals surface area (Å²) >= 11 is 13.7. The Morgan fingerprint density at radius 2 is 2.06 bits per heavy atom. The van der Waals surface area contributed by atoms with Gasteiger partial charge >= 0.3 is 0 Å². The van der Waals surface area contributed by atoms with E-state index in [2.05, 4.69) is 0 Å². The molecule has 1 heterocycles. The van der Waals surface area contributed by atoms with Gasteiger partial charge in [0.1, 0.15) is 5.82 Å². The van der Waals surface area contributed by atoms with Crippen molar-refractivity contribution in [2.75, 3.05) is 0 Å². The molecule has 0 spiro atoms. The van der Waals surface area contributed by atoms with Crippen molar-refractivity contribution in [3.63, 3.8) is 0 Å². The first-order valence-corrected chi connectivity index (χ1v) is 6.42. The maximum absolute atomic E-state index is 13.9. The molecule has 84 valence electrons. The van der Waals surface area contributed by atoms with E-state index in [4.69, 9.17) is 23.2 Å². The van der Waals surface area contributed by atoms with Crippen molar-refractivity contribution in [3.05, 3.63) is 56.5 Å². The summed E-state index contributed by atoms with van der Waals surface area (Å²) in [6.07, 6.45) is 0. The fourth-order valence-corrected chi connectivity index (χ4v) is 3.15. The SMILES string of the molecule is Cc1cccc(C(Cl)c2sccc2Cl)c1F. The highest BCUT2D eigenvalue weighted by Crippen LogP contribution is 2.38. The van der Waals surface area contributed by atoms with Gasteiger partial charge in [-0.2, -0.15) is 0 Å². The van der Waals surface area contributed by atoms with Crippen LogP contribution in [0.5, 0.6) is 0 Å². The monoisotopic (exact) mass is 274 g/mol. The molecule has 0 radical (unpaired) electrons. The molecule has 0 amide bonds. The Labute approximate surface area is 108 Å². The third-order valence-corrected chi connectivity index (χ3v) is 4.38. The summed E-state index contributed by atoms with van der Waals surface area (Å²) < 4.78 is 13.9. The van der Waals surface area contributed by atoms with Gasteiger partial charge < -0.3 is 0 Å². The van der Waals surface area contributed by atoms with Crippen LogP contribution in [0, 0.1) is 12.7 Å². The first-order chi connectivity index (χ1) is 7.61. The van der Waals surface area contributed by atoms with Crippen LogP contribution in [0.2, 0.25) is 5.02 Å². The van der Waals surface area contributed by atoms with Crippen LogP contribution in [0.1, 0.15) is 21.4 Å². The Kier molecular flexibility index (Phi) is 3.53. The fraction of sp³-hybridized carbons (Fsp3) is 0.167. The van der Waals surface area contributed by atoms with Crippen LogP contribution in [-0.2, 0) is 0 Å². The zero-order chi connectivity index (χ0) is 11.7. The van der Waals surface area contributed by atoms with E-state index in [1.165, 1.54) is 11.3 Å². The molecule has 0 bridgehead atoms. The highest BCUT2D eigenvalue weighted by atomic mass is 35.5. The summed E-state index contributed by atoms with van der Waals surface area (Å²) in [5.74, 6) is -0.257. The van der Waals surface area contributed by atoms with Gasteiger partial charge in [0.2, 0.25) is 0 Å². The van der Waals surface area contributed by atoms with Gasteiger partial charge in [0.05, 0.1) is 10.4 Å². The third-order valence-electron chi connectivity index (χ3n) is 2.37. The molecule has 0 N–H and O–H groups in total. The molecule has 0 aliphatic heterocycles. The van der Waals surface area contributed by atoms with Gasteiger partial charge in [-0.3, -0.25) is 0 Å². The number of aryl methyl sites for hydroxylation is 1. The maximum atomic E-state index is 13.9. The molecule has 0 aliphatic rings. The lowest BCUT2D eigenvalue weighted by Crippen LogP contribution is -1.97. The number of halogens is 3. The van der Waals surface area contributed by atoms with E-state index in [1.807, 2.05) is 5.38 Å². The first-order valence-electron chi connectivity index (χ1n) is 4.73. The second kappa shape index (κ2) is 4.74. The molecule has 0 saturated heterocycles. The van der Waals surface area contributed by atoms with Crippen LogP contribution in [0.4, 0.5) is 4.39 Å². The molecule has 0 aliphatic carbocycles. The Balaban J connectivity index is 2.46. The van der Waals surface area contributed by atoms with E-state index in [9.17, 15) is 4.39 Å². The molecule has 1 aromatic carbocycles. The van der Waals surface area contributed by atoms with Crippen molar-refractivity contribution in [1.29, 1.82) is 0 Å². The van der Waals surface area contributed by atoms with E-state index in [1.54, 1.807) is 31.2 Å². The first kappa shape index (κ1) is 11.9. The predicted octanol–water partition coefficient (Wildman–Crippen LogP) is 5.18. The molecule has 4 heteroatoms. The van der Waals surface area contributed by atoms with Crippen LogP contribution in [-0.4, -0.2) is 0 Å². The Morgan fingerprint density at radius 3 is 2.69 bits per heavy atom. The molecule has 1 aromatic heterocycles. The molecule has 0 nitrogen and oxygen atoms in total. The molecule has 16 heavy (non-hydrogen) atoms. The number of alkyl halides is 1. The maximum Gasteiger partial charge on any atom is 0.131 e. The number of hydrogen-bond donors (Lipinski definition) is 0. The van der Waals surface area contributed by atoms with Crippen molar-refractivity contribution < 1.29 is 4.39 Å². The number of hydrogen-bond acceptors (Lipinski definition) is 1. The molecule has 1 unspecified atom stereocenters. The largest absolute Gasteiger partial charge is 0.206 e. The molecule has 0 saturated carbocycles. The van der Waals surface area contributed by atoms with Crippen molar-refractivity contribution in [2.45, 2.75) is 12.3 Å². The lowest BCUT2D eigenvalue weighted by Gasteiger charge is -2.11. The van der Waals surface area contributed by atoms with Crippen molar-refractivity contribution >= 4 is 34.5 Å². The van der Waals surface area contributed by atoms with Gasteiger partial charge in [0.25, 0.3) is 0 Å². The van der Waals surface area contributed by atoms with E-state index in [0.29, 0.717) is 16.1 Å². The van der Waals surface area contributed by atoms with E-state index < -0.39 is 5.38 Å². The molecule has 0 fully saturated rings. The van der Waals surface area contributed by atoms with Crippen molar-refractivity contribution in [1.82, 2.24) is 0 Å². The van der Waals surface area contributed by atoms with Crippen LogP contribution in [0.15, 0.2) is 29.6 Å². The van der Waals surface area contributed by atoms with E-state index in [0.717, 1.165) is 4.88 Å². The normalized spacial score (nSPS) is 12.8. The number of rotatable bonds is 2. The van der Waals surface area contributed by atoms with Gasteiger partial charge in [-0.25, -0.2) is 4.39 Å². The predicted molar refractivity (Wildman–Crippen MR) is 68.2 cm³/mol. The Hall–Kier alpha value is -0.570. The van der Waals surface area contributed by atoms with Crippen LogP contribution >= 0.6 is 34.5 Å². The number of benzene rings is 1. The average Bonchev–Trinajstić information content (AvgIpc) is 2.68. The minimum atomic E-state index is -0.521. The van der Waals surface area contributed by atoms with Gasteiger partial charge in [-0.1, -0.05) is 29.8 Å².